The van der Waals surface area contributed by atoms with Crippen molar-refractivity contribution < 1.29 is 13.6 Å². The molecule has 0 unspecified atom stereocenters. The van der Waals surface area contributed by atoms with E-state index in [4.69, 9.17) is 0 Å². The largest absolute Gasteiger partial charge is 0.318 e. The lowest BCUT2D eigenvalue weighted by atomic mass is 9.96. The van der Waals surface area contributed by atoms with Crippen LogP contribution in [0.2, 0.25) is 0 Å². The Bertz CT molecular complexity index is 1080. The van der Waals surface area contributed by atoms with E-state index in [1.165, 1.54) is 10.7 Å². The molecular weight excluding hydrogens is 376 g/mol. The van der Waals surface area contributed by atoms with Crippen molar-refractivity contribution in [3.63, 3.8) is 0 Å². The molecule has 29 heavy (non-hydrogen) atoms. The third-order valence-corrected chi connectivity index (χ3v) is 4.87. The number of nitrogens with one attached hydrogen (secondary N) is 1. The van der Waals surface area contributed by atoms with Crippen LogP contribution in [0.15, 0.2) is 30.6 Å². The van der Waals surface area contributed by atoms with Crippen molar-refractivity contribution in [2.24, 2.45) is 0 Å². The summed E-state index contributed by atoms with van der Waals surface area (Å²) >= 11 is 0. The molecule has 0 saturated heterocycles. The average Bonchev–Trinajstić information content (AvgIpc) is 3.26. The van der Waals surface area contributed by atoms with Gasteiger partial charge in [0.05, 0.1) is 23.8 Å². The van der Waals surface area contributed by atoms with Gasteiger partial charge in [-0.25, -0.2) is 23.4 Å². The van der Waals surface area contributed by atoms with E-state index >= 15 is 0 Å². The van der Waals surface area contributed by atoms with Crippen molar-refractivity contribution in [3.05, 3.63) is 65.0 Å². The SMILES string of the molecule is CC(C)(C)c1ncc(NC(=O)c2nn(-c3ccc(F)c(F)c3)c3c2CCC3)cn1. The van der Waals surface area contributed by atoms with Crippen LogP contribution in [0.5, 0.6) is 0 Å². The van der Waals surface area contributed by atoms with Crippen LogP contribution in [0, 0.1) is 11.6 Å². The van der Waals surface area contributed by atoms with Gasteiger partial charge in [-0.2, -0.15) is 5.10 Å². The van der Waals surface area contributed by atoms with Gasteiger partial charge in [0, 0.05) is 22.7 Å². The number of anilines is 1. The maximum absolute atomic E-state index is 13.7. The number of hydrogen-bond donors (Lipinski definition) is 1. The molecule has 0 radical (unpaired) electrons. The highest BCUT2D eigenvalue weighted by molar-refractivity contribution is 6.04. The van der Waals surface area contributed by atoms with Gasteiger partial charge in [0.25, 0.3) is 5.91 Å². The van der Waals surface area contributed by atoms with Gasteiger partial charge in [-0.1, -0.05) is 20.8 Å². The summed E-state index contributed by atoms with van der Waals surface area (Å²) in [6, 6.07) is 3.59. The van der Waals surface area contributed by atoms with Crippen LogP contribution in [0.4, 0.5) is 14.5 Å². The zero-order valence-corrected chi connectivity index (χ0v) is 16.5. The highest BCUT2D eigenvalue weighted by Gasteiger charge is 2.27. The number of carbonyl (C=O) groups is 1. The van der Waals surface area contributed by atoms with Crippen LogP contribution in [0.1, 0.15) is 54.8 Å². The Kier molecular flexibility index (Phi) is 4.64. The molecule has 1 amide bonds. The van der Waals surface area contributed by atoms with Gasteiger partial charge < -0.3 is 5.32 Å². The number of amides is 1. The number of nitrogens with zero attached hydrogens (tertiary/aromatic N) is 4. The molecule has 2 aromatic heterocycles. The zero-order chi connectivity index (χ0) is 20.8. The molecule has 0 bridgehead atoms. The number of rotatable bonds is 3. The Morgan fingerprint density at radius 1 is 1.10 bits per heavy atom. The summed E-state index contributed by atoms with van der Waals surface area (Å²) in [7, 11) is 0. The lowest BCUT2D eigenvalue weighted by Crippen LogP contribution is -2.18. The van der Waals surface area contributed by atoms with E-state index in [1.54, 1.807) is 12.4 Å². The van der Waals surface area contributed by atoms with Crippen LogP contribution in [0.25, 0.3) is 5.69 Å². The highest BCUT2D eigenvalue weighted by atomic mass is 19.2. The molecule has 0 fully saturated rings. The fourth-order valence-electron chi connectivity index (χ4n) is 3.42. The van der Waals surface area contributed by atoms with E-state index < -0.39 is 11.6 Å². The Hall–Kier alpha value is -3.16. The minimum Gasteiger partial charge on any atom is -0.318 e. The Morgan fingerprint density at radius 3 is 2.48 bits per heavy atom. The lowest BCUT2D eigenvalue weighted by Gasteiger charge is -2.16. The second kappa shape index (κ2) is 7.02. The quantitative estimate of drug-likeness (QED) is 0.726. The van der Waals surface area contributed by atoms with Crippen molar-refractivity contribution >= 4 is 11.6 Å². The van der Waals surface area contributed by atoms with Crippen molar-refractivity contribution in [1.29, 1.82) is 0 Å². The summed E-state index contributed by atoms with van der Waals surface area (Å²) in [6.45, 7) is 6.03. The first-order chi connectivity index (χ1) is 13.7. The van der Waals surface area contributed by atoms with Gasteiger partial charge in [0.2, 0.25) is 0 Å². The molecule has 2 heterocycles. The summed E-state index contributed by atoms with van der Waals surface area (Å²) in [6.07, 6.45) is 5.44. The summed E-state index contributed by atoms with van der Waals surface area (Å²) in [4.78, 5) is 21.5. The van der Waals surface area contributed by atoms with E-state index in [1.807, 2.05) is 20.8 Å². The maximum Gasteiger partial charge on any atom is 0.276 e. The number of halogens is 2. The molecule has 3 aromatic rings. The van der Waals surface area contributed by atoms with Crippen LogP contribution in [-0.4, -0.2) is 25.7 Å². The van der Waals surface area contributed by atoms with Crippen molar-refractivity contribution in [2.75, 3.05) is 5.32 Å². The number of benzene rings is 1. The maximum atomic E-state index is 13.7. The molecule has 150 valence electrons. The predicted octanol–water partition coefficient (Wildman–Crippen LogP) is 3.98. The molecule has 1 aromatic carbocycles. The number of aromatic nitrogens is 4. The highest BCUT2D eigenvalue weighted by Crippen LogP contribution is 2.29. The van der Waals surface area contributed by atoms with Gasteiger partial charge in [-0.15, -0.1) is 0 Å². The van der Waals surface area contributed by atoms with Gasteiger partial charge in [0.1, 0.15) is 5.82 Å². The molecule has 1 aliphatic carbocycles. The molecule has 0 aliphatic heterocycles. The van der Waals surface area contributed by atoms with Crippen molar-refractivity contribution in [2.45, 2.75) is 45.4 Å². The summed E-state index contributed by atoms with van der Waals surface area (Å²) in [5.41, 5.74) is 2.63. The second-order valence-corrected chi connectivity index (χ2v) is 8.14. The normalized spacial score (nSPS) is 13.4. The average molecular weight is 397 g/mol. The number of carbonyl (C=O) groups excluding carboxylic acids is 1. The first-order valence-electron chi connectivity index (χ1n) is 9.44. The Morgan fingerprint density at radius 2 is 1.83 bits per heavy atom. The summed E-state index contributed by atoms with van der Waals surface area (Å²) in [5, 5.41) is 7.18. The zero-order valence-electron chi connectivity index (χ0n) is 16.5. The van der Waals surface area contributed by atoms with E-state index in [2.05, 4.69) is 20.4 Å². The first-order valence-corrected chi connectivity index (χ1v) is 9.44. The number of hydrogen-bond acceptors (Lipinski definition) is 4. The molecular formula is C21H21F2N5O. The number of fused-ring (bicyclic) bond motifs is 1. The molecule has 8 heteroatoms. The molecule has 1 aliphatic rings. The van der Waals surface area contributed by atoms with Gasteiger partial charge in [0.15, 0.2) is 17.3 Å². The van der Waals surface area contributed by atoms with E-state index in [0.717, 1.165) is 36.2 Å². The minimum absolute atomic E-state index is 0.188. The van der Waals surface area contributed by atoms with Gasteiger partial charge in [-0.3, -0.25) is 4.79 Å². The summed E-state index contributed by atoms with van der Waals surface area (Å²) < 4.78 is 28.5. The van der Waals surface area contributed by atoms with Crippen LogP contribution in [-0.2, 0) is 18.3 Å². The van der Waals surface area contributed by atoms with Crippen molar-refractivity contribution in [3.8, 4) is 5.69 Å². The standard InChI is InChI=1S/C21H21F2N5O/c1-21(2,3)20-24-10-12(11-25-20)26-19(29)18-14-5-4-6-17(14)28(27-18)13-7-8-15(22)16(23)9-13/h7-11H,4-6H2,1-3H3,(H,26,29). The second-order valence-electron chi connectivity index (χ2n) is 8.14. The van der Waals surface area contributed by atoms with E-state index in [0.29, 0.717) is 23.6 Å². The monoisotopic (exact) mass is 397 g/mol. The minimum atomic E-state index is -0.952. The van der Waals surface area contributed by atoms with Crippen LogP contribution < -0.4 is 5.32 Å². The summed E-state index contributed by atoms with van der Waals surface area (Å²) in [5.74, 6) is -1.57. The van der Waals surface area contributed by atoms with E-state index in [9.17, 15) is 13.6 Å². The molecule has 6 nitrogen and oxygen atoms in total. The first kappa shape index (κ1) is 19.2. The van der Waals surface area contributed by atoms with Crippen LogP contribution >= 0.6 is 0 Å². The molecule has 1 N–H and O–H groups in total. The molecule has 4 rings (SSSR count). The fourth-order valence-corrected chi connectivity index (χ4v) is 3.42. The van der Waals surface area contributed by atoms with Crippen LogP contribution in [0.3, 0.4) is 0 Å². The fraction of sp³-hybridized carbons (Fsp3) is 0.333. The topological polar surface area (TPSA) is 72.7 Å². The van der Waals surface area contributed by atoms with Gasteiger partial charge in [-0.05, 0) is 31.4 Å². The Labute approximate surface area is 167 Å². The smallest absolute Gasteiger partial charge is 0.276 e. The molecule has 0 spiro atoms. The molecule has 0 saturated carbocycles. The predicted molar refractivity (Wildman–Crippen MR) is 104 cm³/mol. The third-order valence-electron chi connectivity index (χ3n) is 4.87. The van der Waals surface area contributed by atoms with Gasteiger partial charge >= 0.3 is 0 Å². The van der Waals surface area contributed by atoms with Crippen molar-refractivity contribution in [1.82, 2.24) is 19.7 Å². The van der Waals surface area contributed by atoms with E-state index in [-0.39, 0.29) is 17.0 Å². The lowest BCUT2D eigenvalue weighted by molar-refractivity contribution is 0.102. The molecule has 0 atom stereocenters. The third kappa shape index (κ3) is 3.62. The Balaban J connectivity index is 1.63.